The van der Waals surface area contributed by atoms with Crippen molar-refractivity contribution in [1.29, 1.82) is 0 Å². The Morgan fingerprint density at radius 2 is 2.06 bits per heavy atom. The van der Waals surface area contributed by atoms with Gasteiger partial charge in [0.05, 0.1) is 5.75 Å². The van der Waals surface area contributed by atoms with Crippen LogP contribution in [0.15, 0.2) is 24.3 Å². The molecule has 1 aromatic rings. The summed E-state index contributed by atoms with van der Waals surface area (Å²) in [7, 11) is -2.95. The van der Waals surface area contributed by atoms with E-state index < -0.39 is 9.84 Å². The zero-order valence-electron chi connectivity index (χ0n) is 10.2. The van der Waals surface area contributed by atoms with Crippen LogP contribution in [0.4, 0.5) is 4.39 Å². The number of hydrogen-bond acceptors (Lipinski definition) is 3. The Morgan fingerprint density at radius 3 is 2.59 bits per heavy atom. The molecule has 0 amide bonds. The van der Waals surface area contributed by atoms with Gasteiger partial charge in [-0.2, -0.15) is 0 Å². The summed E-state index contributed by atoms with van der Waals surface area (Å²) in [4.78, 5) is 1.98. The monoisotopic (exact) mass is 259 g/mol. The first-order chi connectivity index (χ1) is 7.90. The number of rotatable bonds is 6. The summed E-state index contributed by atoms with van der Waals surface area (Å²) in [6.07, 6.45) is 1.23. The van der Waals surface area contributed by atoms with Crippen molar-refractivity contribution in [3.63, 3.8) is 0 Å². The SMILES string of the molecule is CCN(CCS(C)(=O)=O)Cc1cccc(F)c1. The van der Waals surface area contributed by atoms with Gasteiger partial charge in [-0.3, -0.25) is 4.90 Å². The van der Waals surface area contributed by atoms with Crippen LogP contribution in [0.2, 0.25) is 0 Å². The maximum atomic E-state index is 13.0. The van der Waals surface area contributed by atoms with E-state index in [1.54, 1.807) is 6.07 Å². The van der Waals surface area contributed by atoms with Crippen LogP contribution in [0.3, 0.4) is 0 Å². The minimum absolute atomic E-state index is 0.135. The molecule has 0 aromatic heterocycles. The van der Waals surface area contributed by atoms with Crippen LogP contribution >= 0.6 is 0 Å². The fraction of sp³-hybridized carbons (Fsp3) is 0.500. The predicted octanol–water partition coefficient (Wildman–Crippen LogP) is 1.69. The lowest BCUT2D eigenvalue weighted by atomic mass is 10.2. The molecular formula is C12H18FNO2S. The first-order valence-electron chi connectivity index (χ1n) is 5.55. The highest BCUT2D eigenvalue weighted by Crippen LogP contribution is 2.07. The van der Waals surface area contributed by atoms with E-state index in [1.165, 1.54) is 18.4 Å². The number of sulfone groups is 1. The highest BCUT2D eigenvalue weighted by Gasteiger charge is 2.08. The maximum Gasteiger partial charge on any atom is 0.148 e. The van der Waals surface area contributed by atoms with Gasteiger partial charge in [0.2, 0.25) is 0 Å². The second kappa shape index (κ2) is 6.12. The van der Waals surface area contributed by atoms with Crippen molar-refractivity contribution < 1.29 is 12.8 Å². The molecule has 0 atom stereocenters. The lowest BCUT2D eigenvalue weighted by Gasteiger charge is -2.19. The first kappa shape index (κ1) is 14.1. The van der Waals surface area contributed by atoms with E-state index in [1.807, 2.05) is 17.9 Å². The van der Waals surface area contributed by atoms with Gasteiger partial charge in [0, 0.05) is 19.3 Å². The molecule has 0 saturated heterocycles. The van der Waals surface area contributed by atoms with Gasteiger partial charge in [0.15, 0.2) is 0 Å². The Hall–Kier alpha value is -0.940. The topological polar surface area (TPSA) is 37.4 Å². The lowest BCUT2D eigenvalue weighted by Crippen LogP contribution is -2.28. The summed E-state index contributed by atoms with van der Waals surface area (Å²) < 4.78 is 35.1. The minimum Gasteiger partial charge on any atom is -0.298 e. The van der Waals surface area contributed by atoms with E-state index >= 15 is 0 Å². The smallest absolute Gasteiger partial charge is 0.148 e. The number of benzene rings is 1. The summed E-state index contributed by atoms with van der Waals surface area (Å²) in [6, 6.07) is 6.38. The molecule has 96 valence electrons. The molecule has 0 fully saturated rings. The quantitative estimate of drug-likeness (QED) is 0.780. The molecule has 3 nitrogen and oxygen atoms in total. The van der Waals surface area contributed by atoms with E-state index in [9.17, 15) is 12.8 Å². The molecule has 0 aliphatic rings. The van der Waals surface area contributed by atoms with Gasteiger partial charge in [-0.15, -0.1) is 0 Å². The summed E-state index contributed by atoms with van der Waals surface area (Å²) in [5.41, 5.74) is 0.861. The highest BCUT2D eigenvalue weighted by atomic mass is 32.2. The third-order valence-corrected chi connectivity index (χ3v) is 3.44. The van der Waals surface area contributed by atoms with Gasteiger partial charge in [-0.05, 0) is 24.2 Å². The zero-order chi connectivity index (χ0) is 12.9. The Morgan fingerprint density at radius 1 is 1.35 bits per heavy atom. The van der Waals surface area contributed by atoms with Gasteiger partial charge in [0.25, 0.3) is 0 Å². The van der Waals surface area contributed by atoms with E-state index in [-0.39, 0.29) is 11.6 Å². The van der Waals surface area contributed by atoms with Crippen LogP contribution in [0.25, 0.3) is 0 Å². The Kier molecular flexibility index (Phi) is 5.08. The molecule has 0 unspecified atom stereocenters. The van der Waals surface area contributed by atoms with Crippen molar-refractivity contribution in [2.75, 3.05) is 25.1 Å². The number of hydrogen-bond donors (Lipinski definition) is 0. The average Bonchev–Trinajstić information content (AvgIpc) is 2.23. The predicted molar refractivity (Wildman–Crippen MR) is 67.1 cm³/mol. The van der Waals surface area contributed by atoms with Crippen LogP contribution in [-0.4, -0.2) is 38.4 Å². The largest absolute Gasteiger partial charge is 0.298 e. The van der Waals surface area contributed by atoms with Crippen LogP contribution in [0.5, 0.6) is 0 Å². The summed E-state index contributed by atoms with van der Waals surface area (Å²) >= 11 is 0. The highest BCUT2D eigenvalue weighted by molar-refractivity contribution is 7.90. The molecule has 0 radical (unpaired) electrons. The van der Waals surface area contributed by atoms with E-state index in [4.69, 9.17) is 0 Å². The van der Waals surface area contributed by atoms with E-state index in [2.05, 4.69) is 0 Å². The number of halogens is 1. The average molecular weight is 259 g/mol. The van der Waals surface area contributed by atoms with Crippen LogP contribution < -0.4 is 0 Å². The van der Waals surface area contributed by atoms with Crippen molar-refractivity contribution in [3.05, 3.63) is 35.6 Å². The number of nitrogens with zero attached hydrogens (tertiary/aromatic N) is 1. The molecule has 0 bridgehead atoms. The molecule has 0 aliphatic carbocycles. The zero-order valence-corrected chi connectivity index (χ0v) is 11.0. The van der Waals surface area contributed by atoms with Crippen molar-refractivity contribution in [2.24, 2.45) is 0 Å². The van der Waals surface area contributed by atoms with Gasteiger partial charge in [-0.1, -0.05) is 19.1 Å². The van der Waals surface area contributed by atoms with E-state index in [0.29, 0.717) is 13.1 Å². The van der Waals surface area contributed by atoms with Crippen molar-refractivity contribution >= 4 is 9.84 Å². The third kappa shape index (κ3) is 5.79. The van der Waals surface area contributed by atoms with Crippen LogP contribution in [-0.2, 0) is 16.4 Å². The van der Waals surface area contributed by atoms with Crippen molar-refractivity contribution in [2.45, 2.75) is 13.5 Å². The maximum absolute atomic E-state index is 13.0. The summed E-state index contributed by atoms with van der Waals surface area (Å²) in [5, 5.41) is 0. The second-order valence-corrected chi connectivity index (χ2v) is 6.39. The van der Waals surface area contributed by atoms with Gasteiger partial charge < -0.3 is 0 Å². The van der Waals surface area contributed by atoms with Crippen LogP contribution in [0, 0.1) is 5.82 Å². The molecule has 1 aromatic carbocycles. The van der Waals surface area contributed by atoms with Crippen molar-refractivity contribution in [3.8, 4) is 0 Å². The minimum atomic E-state index is -2.95. The normalized spacial score (nSPS) is 12.0. The van der Waals surface area contributed by atoms with Gasteiger partial charge in [0.1, 0.15) is 15.7 Å². The van der Waals surface area contributed by atoms with E-state index in [0.717, 1.165) is 12.1 Å². The molecule has 1 rings (SSSR count). The first-order valence-corrected chi connectivity index (χ1v) is 7.61. The van der Waals surface area contributed by atoms with Gasteiger partial charge >= 0.3 is 0 Å². The summed E-state index contributed by atoms with van der Waals surface area (Å²) in [6.45, 7) is 3.75. The Labute approximate surface area is 102 Å². The van der Waals surface area contributed by atoms with Crippen LogP contribution in [0.1, 0.15) is 12.5 Å². The second-order valence-electron chi connectivity index (χ2n) is 4.13. The molecule has 17 heavy (non-hydrogen) atoms. The lowest BCUT2D eigenvalue weighted by molar-refractivity contribution is 0.296. The molecular weight excluding hydrogens is 241 g/mol. The fourth-order valence-electron chi connectivity index (χ4n) is 1.54. The Balaban J connectivity index is 2.58. The van der Waals surface area contributed by atoms with Crippen molar-refractivity contribution in [1.82, 2.24) is 4.90 Å². The summed E-state index contributed by atoms with van der Waals surface area (Å²) in [5.74, 6) is -0.127. The molecule has 0 spiro atoms. The molecule has 5 heteroatoms. The Bertz CT molecular complexity index is 459. The van der Waals surface area contributed by atoms with Gasteiger partial charge in [-0.25, -0.2) is 12.8 Å². The molecule has 0 aliphatic heterocycles. The molecule has 0 N–H and O–H groups in total. The molecule has 0 saturated carbocycles. The standard InChI is InChI=1S/C12H18FNO2S/c1-3-14(7-8-17(2,15)16)10-11-5-4-6-12(13)9-11/h4-6,9H,3,7-8,10H2,1-2H3. The molecule has 0 heterocycles. The fourth-order valence-corrected chi connectivity index (χ4v) is 2.13. The third-order valence-electron chi connectivity index (χ3n) is 2.52.